The van der Waals surface area contributed by atoms with Gasteiger partial charge in [-0.1, -0.05) is 18.2 Å². The van der Waals surface area contributed by atoms with Crippen molar-refractivity contribution >= 4 is 23.1 Å². The van der Waals surface area contributed by atoms with Gasteiger partial charge in [0.05, 0.1) is 17.8 Å². The molecule has 1 aromatic heterocycles. The van der Waals surface area contributed by atoms with Gasteiger partial charge in [0.1, 0.15) is 6.07 Å². The monoisotopic (exact) mass is 208 g/mol. The van der Waals surface area contributed by atoms with Crippen molar-refractivity contribution in [2.24, 2.45) is 0 Å². The van der Waals surface area contributed by atoms with Crippen molar-refractivity contribution in [2.75, 3.05) is 17.6 Å². The summed E-state index contributed by atoms with van der Waals surface area (Å²) in [4.78, 5) is 3.97. The molecule has 0 saturated heterocycles. The van der Waals surface area contributed by atoms with E-state index in [0.717, 1.165) is 0 Å². The maximum absolute atomic E-state index is 8.69. The summed E-state index contributed by atoms with van der Waals surface area (Å²) in [5.41, 5.74) is 6.38. The van der Waals surface area contributed by atoms with Gasteiger partial charge in [-0.25, -0.2) is 4.98 Å². The first kappa shape index (κ1) is 10.4. The summed E-state index contributed by atoms with van der Waals surface area (Å²) in [6, 6.07) is 3.51. The summed E-state index contributed by atoms with van der Waals surface area (Å²) in [5, 5.41) is 12.0. The van der Waals surface area contributed by atoms with Crippen molar-refractivity contribution in [1.82, 2.24) is 4.98 Å². The molecule has 0 spiro atoms. The normalized spacial score (nSPS) is 9.14. The van der Waals surface area contributed by atoms with Crippen LogP contribution in [-0.4, -0.2) is 11.5 Å². The van der Waals surface area contributed by atoms with Gasteiger partial charge in [-0.2, -0.15) is 5.26 Å². The largest absolute Gasteiger partial charge is 0.395 e. The van der Waals surface area contributed by atoms with E-state index in [0.29, 0.717) is 28.6 Å². The highest BCUT2D eigenvalue weighted by Crippen LogP contribution is 2.19. The van der Waals surface area contributed by atoms with Crippen LogP contribution in [0.4, 0.5) is 11.5 Å². The number of nitrogens with two attached hydrogens (primary N) is 1. The highest BCUT2D eigenvalue weighted by molar-refractivity contribution is 6.29. The first-order valence-corrected chi connectivity index (χ1v) is 4.24. The number of aromatic nitrogens is 1. The summed E-state index contributed by atoms with van der Waals surface area (Å²) in [7, 11) is 0. The number of nitrogens with one attached hydrogen (secondary N) is 1. The molecule has 0 atom stereocenters. The molecule has 72 valence electrons. The zero-order valence-electron chi connectivity index (χ0n) is 7.42. The van der Waals surface area contributed by atoms with Crippen LogP contribution in [-0.2, 0) is 0 Å². The molecule has 0 amide bonds. The van der Waals surface area contributed by atoms with E-state index in [9.17, 15) is 0 Å². The van der Waals surface area contributed by atoms with Crippen LogP contribution in [0.25, 0.3) is 0 Å². The van der Waals surface area contributed by atoms with E-state index in [1.165, 1.54) is 6.20 Å². The molecule has 0 saturated carbocycles. The molecule has 1 rings (SSSR count). The summed E-state index contributed by atoms with van der Waals surface area (Å²) < 4.78 is 0. The van der Waals surface area contributed by atoms with Crippen LogP contribution in [0.3, 0.4) is 0 Å². The smallest absolute Gasteiger partial charge is 0.150 e. The van der Waals surface area contributed by atoms with E-state index < -0.39 is 0 Å². The highest BCUT2D eigenvalue weighted by Gasteiger charge is 2.04. The van der Waals surface area contributed by atoms with Crippen molar-refractivity contribution in [1.29, 1.82) is 5.26 Å². The average molecular weight is 209 g/mol. The number of pyridine rings is 1. The van der Waals surface area contributed by atoms with Crippen molar-refractivity contribution in [3.63, 3.8) is 0 Å². The molecule has 1 aromatic rings. The van der Waals surface area contributed by atoms with Crippen molar-refractivity contribution in [3.8, 4) is 6.07 Å². The lowest BCUT2D eigenvalue weighted by Gasteiger charge is -2.07. The summed E-state index contributed by atoms with van der Waals surface area (Å²) in [6.45, 7) is 3.88. The first-order chi connectivity index (χ1) is 6.65. The lowest BCUT2D eigenvalue weighted by Crippen LogP contribution is -2.06. The van der Waals surface area contributed by atoms with Gasteiger partial charge in [0.2, 0.25) is 0 Å². The fourth-order valence-electron chi connectivity index (χ4n) is 0.891. The minimum Gasteiger partial charge on any atom is -0.395 e. The standard InChI is InChI=1S/C9H9ClN4/c1-6(10)5-14-9-8(12)7(4-11)2-3-13-9/h2-3H,1,5,12H2,(H,13,14). The second-order valence-corrected chi connectivity index (χ2v) is 3.14. The molecule has 1 heterocycles. The third kappa shape index (κ3) is 2.38. The highest BCUT2D eigenvalue weighted by atomic mass is 35.5. The fourth-order valence-corrected chi connectivity index (χ4v) is 0.958. The Kier molecular flexibility index (Phi) is 3.32. The Bertz CT molecular complexity index is 394. The Morgan fingerprint density at radius 3 is 3.07 bits per heavy atom. The van der Waals surface area contributed by atoms with Crippen LogP contribution in [0.1, 0.15) is 5.56 Å². The van der Waals surface area contributed by atoms with Crippen molar-refractivity contribution < 1.29 is 0 Å². The zero-order valence-corrected chi connectivity index (χ0v) is 8.17. The van der Waals surface area contributed by atoms with Gasteiger partial charge in [-0.15, -0.1) is 0 Å². The molecular weight excluding hydrogens is 200 g/mol. The van der Waals surface area contributed by atoms with Gasteiger partial charge in [0, 0.05) is 11.2 Å². The Balaban J connectivity index is 2.88. The molecule has 0 bridgehead atoms. The third-order valence-corrected chi connectivity index (χ3v) is 1.69. The summed E-state index contributed by atoms with van der Waals surface area (Å²) >= 11 is 5.56. The number of hydrogen-bond acceptors (Lipinski definition) is 4. The number of nitrogen functional groups attached to an aromatic ring is 1. The molecule has 5 heteroatoms. The van der Waals surface area contributed by atoms with Gasteiger partial charge >= 0.3 is 0 Å². The second-order valence-electron chi connectivity index (χ2n) is 2.60. The molecule has 0 aliphatic carbocycles. The predicted molar refractivity (Wildman–Crippen MR) is 56.8 cm³/mol. The number of nitriles is 1. The lowest BCUT2D eigenvalue weighted by atomic mass is 10.2. The molecule has 3 N–H and O–H groups in total. The van der Waals surface area contributed by atoms with E-state index in [-0.39, 0.29) is 0 Å². The zero-order chi connectivity index (χ0) is 10.6. The molecule has 0 unspecified atom stereocenters. The van der Waals surface area contributed by atoms with Gasteiger partial charge in [-0.05, 0) is 6.07 Å². The number of anilines is 2. The third-order valence-electron chi connectivity index (χ3n) is 1.56. The van der Waals surface area contributed by atoms with E-state index in [1.807, 2.05) is 6.07 Å². The summed E-state index contributed by atoms with van der Waals surface area (Å²) in [5.74, 6) is 0.450. The van der Waals surface area contributed by atoms with Crippen LogP contribution < -0.4 is 11.1 Å². The van der Waals surface area contributed by atoms with E-state index in [4.69, 9.17) is 22.6 Å². The van der Waals surface area contributed by atoms with E-state index in [2.05, 4.69) is 16.9 Å². The Hall–Kier alpha value is -1.73. The molecule has 0 aliphatic heterocycles. The lowest BCUT2D eigenvalue weighted by molar-refractivity contribution is 1.22. The van der Waals surface area contributed by atoms with Crippen LogP contribution in [0.5, 0.6) is 0 Å². The number of halogens is 1. The molecule has 0 aliphatic rings. The van der Waals surface area contributed by atoms with Crippen LogP contribution in [0.15, 0.2) is 23.9 Å². The molecule has 0 radical (unpaired) electrons. The molecule has 4 nitrogen and oxygen atoms in total. The topological polar surface area (TPSA) is 74.7 Å². The summed E-state index contributed by atoms with van der Waals surface area (Å²) in [6.07, 6.45) is 1.51. The van der Waals surface area contributed by atoms with E-state index in [1.54, 1.807) is 6.07 Å². The molecule has 14 heavy (non-hydrogen) atoms. The van der Waals surface area contributed by atoms with E-state index >= 15 is 0 Å². The molecule has 0 fully saturated rings. The maximum Gasteiger partial charge on any atom is 0.150 e. The number of rotatable bonds is 3. The van der Waals surface area contributed by atoms with Crippen molar-refractivity contribution in [2.45, 2.75) is 0 Å². The van der Waals surface area contributed by atoms with Gasteiger partial charge in [-0.3, -0.25) is 0 Å². The minimum absolute atomic E-state index is 0.327. The van der Waals surface area contributed by atoms with Crippen LogP contribution >= 0.6 is 11.6 Å². The fraction of sp³-hybridized carbons (Fsp3) is 0.111. The van der Waals surface area contributed by atoms with Gasteiger partial charge < -0.3 is 11.1 Å². The van der Waals surface area contributed by atoms with Crippen LogP contribution in [0, 0.1) is 11.3 Å². The first-order valence-electron chi connectivity index (χ1n) is 3.87. The minimum atomic E-state index is 0.327. The number of nitrogens with zero attached hydrogens (tertiary/aromatic N) is 2. The average Bonchev–Trinajstić information content (AvgIpc) is 2.16. The molecular formula is C9H9ClN4. The van der Waals surface area contributed by atoms with Gasteiger partial charge in [0.15, 0.2) is 5.82 Å². The Labute approximate surface area is 87.0 Å². The quantitative estimate of drug-likeness (QED) is 0.793. The molecule has 0 aromatic carbocycles. The van der Waals surface area contributed by atoms with Gasteiger partial charge in [0.25, 0.3) is 0 Å². The second kappa shape index (κ2) is 4.49. The predicted octanol–water partition coefficient (Wildman–Crippen LogP) is 1.70. The van der Waals surface area contributed by atoms with Crippen molar-refractivity contribution in [3.05, 3.63) is 29.4 Å². The number of hydrogen-bond donors (Lipinski definition) is 2. The SMILES string of the molecule is C=C(Cl)CNc1nccc(C#N)c1N. The maximum atomic E-state index is 8.69. The Morgan fingerprint density at radius 1 is 1.79 bits per heavy atom. The Morgan fingerprint density at radius 2 is 2.50 bits per heavy atom. The van der Waals surface area contributed by atoms with Crippen LogP contribution in [0.2, 0.25) is 0 Å².